The third-order valence-corrected chi connectivity index (χ3v) is 4.06. The van der Waals surface area contributed by atoms with Crippen LogP contribution in [0.5, 0.6) is 0 Å². The number of amides is 1. The van der Waals surface area contributed by atoms with Crippen LogP contribution < -0.4 is 5.32 Å². The summed E-state index contributed by atoms with van der Waals surface area (Å²) in [4.78, 5) is 24.6. The Morgan fingerprint density at radius 1 is 1.40 bits per heavy atom. The molecule has 1 amide bonds. The second-order valence-electron chi connectivity index (χ2n) is 5.68. The number of hydrogen-bond acceptors (Lipinski definition) is 4. The van der Waals surface area contributed by atoms with Gasteiger partial charge < -0.3 is 20.1 Å². The van der Waals surface area contributed by atoms with Crippen molar-refractivity contribution in [1.82, 2.24) is 10.2 Å². The number of ether oxygens (including phenoxy) is 1. The minimum atomic E-state index is -0.877. The molecular weight excluding hydrogens is 260 g/mol. The molecule has 2 aliphatic rings. The Morgan fingerprint density at radius 3 is 2.95 bits per heavy atom. The summed E-state index contributed by atoms with van der Waals surface area (Å²) < 4.78 is 5.38. The lowest BCUT2D eigenvalue weighted by atomic mass is 9.94. The molecule has 0 aromatic heterocycles. The molecule has 0 radical (unpaired) electrons. The standard InChI is InChI=1S/C14H24N2O4/c17-13(4-3-11-2-1-5-15-9-11)16-6-7-20-12(10-16)8-14(18)19/h11-12,15H,1-10H2,(H,18,19). The van der Waals surface area contributed by atoms with Crippen LogP contribution in [0, 0.1) is 5.92 Å². The van der Waals surface area contributed by atoms with Crippen LogP contribution in [-0.2, 0) is 14.3 Å². The lowest BCUT2D eigenvalue weighted by Gasteiger charge is -2.33. The first-order valence-corrected chi connectivity index (χ1v) is 7.47. The van der Waals surface area contributed by atoms with E-state index in [0.29, 0.717) is 32.0 Å². The van der Waals surface area contributed by atoms with E-state index in [1.165, 1.54) is 12.8 Å². The molecule has 2 fully saturated rings. The minimum absolute atomic E-state index is 0.0314. The largest absolute Gasteiger partial charge is 0.481 e. The zero-order chi connectivity index (χ0) is 14.4. The van der Waals surface area contributed by atoms with E-state index in [1.807, 2.05) is 0 Å². The first kappa shape index (κ1) is 15.3. The Bertz CT molecular complexity index is 342. The maximum Gasteiger partial charge on any atom is 0.306 e. The van der Waals surface area contributed by atoms with Crippen LogP contribution in [0.2, 0.25) is 0 Å². The molecule has 20 heavy (non-hydrogen) atoms. The number of carboxylic acid groups (broad SMARTS) is 1. The number of carbonyl (C=O) groups is 2. The third-order valence-electron chi connectivity index (χ3n) is 4.06. The SMILES string of the molecule is O=C(O)CC1CN(C(=O)CCC2CCCNC2)CCO1. The Balaban J connectivity index is 1.72. The zero-order valence-corrected chi connectivity index (χ0v) is 11.8. The summed E-state index contributed by atoms with van der Waals surface area (Å²) in [5.41, 5.74) is 0. The van der Waals surface area contributed by atoms with Gasteiger partial charge in [-0.3, -0.25) is 9.59 Å². The molecule has 0 bridgehead atoms. The van der Waals surface area contributed by atoms with Gasteiger partial charge >= 0.3 is 5.97 Å². The van der Waals surface area contributed by atoms with Crippen LogP contribution in [-0.4, -0.2) is 60.8 Å². The molecule has 6 heteroatoms. The fourth-order valence-corrected chi connectivity index (χ4v) is 2.92. The summed E-state index contributed by atoms with van der Waals surface area (Å²) in [6.45, 7) is 3.53. The topological polar surface area (TPSA) is 78.9 Å². The van der Waals surface area contributed by atoms with Crippen molar-refractivity contribution in [2.75, 3.05) is 32.8 Å². The maximum atomic E-state index is 12.2. The average Bonchev–Trinajstić information content (AvgIpc) is 2.45. The van der Waals surface area contributed by atoms with Gasteiger partial charge in [0, 0.05) is 19.5 Å². The predicted octanol–water partition coefficient (Wildman–Crippen LogP) is 0.468. The lowest BCUT2D eigenvalue weighted by Crippen LogP contribution is -2.46. The third kappa shape index (κ3) is 4.76. The Kier molecular flexibility index (Phi) is 5.79. The van der Waals surface area contributed by atoms with Crippen LogP contribution in [0.4, 0.5) is 0 Å². The van der Waals surface area contributed by atoms with E-state index in [0.717, 1.165) is 19.5 Å². The van der Waals surface area contributed by atoms with Crippen LogP contribution in [0.3, 0.4) is 0 Å². The van der Waals surface area contributed by atoms with Crippen molar-refractivity contribution in [3.63, 3.8) is 0 Å². The molecule has 2 N–H and O–H groups in total. The molecule has 0 aromatic rings. The monoisotopic (exact) mass is 284 g/mol. The van der Waals surface area contributed by atoms with Crippen molar-refractivity contribution < 1.29 is 19.4 Å². The van der Waals surface area contributed by atoms with Gasteiger partial charge in [0.15, 0.2) is 0 Å². The van der Waals surface area contributed by atoms with Gasteiger partial charge in [0.2, 0.25) is 5.91 Å². The van der Waals surface area contributed by atoms with Crippen LogP contribution >= 0.6 is 0 Å². The average molecular weight is 284 g/mol. The number of piperidine rings is 1. The van der Waals surface area contributed by atoms with Gasteiger partial charge in [-0.05, 0) is 38.3 Å². The summed E-state index contributed by atoms with van der Waals surface area (Å²) in [6.07, 6.45) is 3.48. The fraction of sp³-hybridized carbons (Fsp3) is 0.857. The van der Waals surface area contributed by atoms with E-state index < -0.39 is 5.97 Å². The summed E-state index contributed by atoms with van der Waals surface area (Å²) in [5, 5.41) is 12.1. The molecule has 0 spiro atoms. The summed E-state index contributed by atoms with van der Waals surface area (Å²) in [7, 11) is 0. The van der Waals surface area contributed by atoms with Crippen LogP contribution in [0.15, 0.2) is 0 Å². The van der Waals surface area contributed by atoms with E-state index in [2.05, 4.69) is 5.32 Å². The number of aliphatic carboxylic acids is 1. The van der Waals surface area contributed by atoms with E-state index >= 15 is 0 Å². The first-order valence-electron chi connectivity index (χ1n) is 7.47. The van der Waals surface area contributed by atoms with Gasteiger partial charge in [0.1, 0.15) is 0 Å². The number of rotatable bonds is 5. The highest BCUT2D eigenvalue weighted by atomic mass is 16.5. The highest BCUT2D eigenvalue weighted by molar-refractivity contribution is 5.76. The lowest BCUT2D eigenvalue weighted by molar-refractivity contribution is -0.147. The number of carbonyl (C=O) groups excluding carboxylic acids is 1. The smallest absolute Gasteiger partial charge is 0.306 e. The molecule has 6 nitrogen and oxygen atoms in total. The van der Waals surface area contributed by atoms with Gasteiger partial charge in [0.25, 0.3) is 0 Å². The van der Waals surface area contributed by atoms with E-state index in [1.54, 1.807) is 4.90 Å². The summed E-state index contributed by atoms with van der Waals surface area (Å²) >= 11 is 0. The van der Waals surface area contributed by atoms with Crippen molar-refractivity contribution in [3.8, 4) is 0 Å². The van der Waals surface area contributed by atoms with Crippen LogP contribution in [0.25, 0.3) is 0 Å². The zero-order valence-electron chi connectivity index (χ0n) is 11.8. The summed E-state index contributed by atoms with van der Waals surface area (Å²) in [6, 6.07) is 0. The van der Waals surface area contributed by atoms with Crippen molar-refractivity contribution in [3.05, 3.63) is 0 Å². The predicted molar refractivity (Wildman–Crippen MR) is 73.4 cm³/mol. The number of nitrogens with one attached hydrogen (secondary N) is 1. The first-order chi connectivity index (χ1) is 9.65. The molecule has 2 atom stereocenters. The van der Waals surface area contributed by atoms with Crippen LogP contribution in [0.1, 0.15) is 32.1 Å². The number of morpholine rings is 1. The molecule has 0 saturated carbocycles. The second-order valence-corrected chi connectivity index (χ2v) is 5.68. The normalized spacial score (nSPS) is 27.3. The number of hydrogen-bond donors (Lipinski definition) is 2. The van der Waals surface area contributed by atoms with Crippen molar-refractivity contribution in [1.29, 1.82) is 0 Å². The number of carboxylic acids is 1. The van der Waals surface area contributed by atoms with Gasteiger partial charge in [-0.25, -0.2) is 0 Å². The molecule has 2 saturated heterocycles. The van der Waals surface area contributed by atoms with Gasteiger partial charge in [-0.2, -0.15) is 0 Å². The fourth-order valence-electron chi connectivity index (χ4n) is 2.92. The van der Waals surface area contributed by atoms with E-state index in [9.17, 15) is 9.59 Å². The van der Waals surface area contributed by atoms with E-state index in [4.69, 9.17) is 9.84 Å². The summed E-state index contributed by atoms with van der Waals surface area (Å²) in [5.74, 6) is -0.143. The number of nitrogens with zero attached hydrogens (tertiary/aromatic N) is 1. The molecular formula is C14H24N2O4. The van der Waals surface area contributed by atoms with Crippen molar-refractivity contribution >= 4 is 11.9 Å². The minimum Gasteiger partial charge on any atom is -0.481 e. The quantitative estimate of drug-likeness (QED) is 0.767. The molecule has 114 valence electrons. The Morgan fingerprint density at radius 2 is 2.25 bits per heavy atom. The van der Waals surface area contributed by atoms with Gasteiger partial charge in [0.05, 0.1) is 19.1 Å². The van der Waals surface area contributed by atoms with Crippen molar-refractivity contribution in [2.45, 2.75) is 38.2 Å². The van der Waals surface area contributed by atoms with Gasteiger partial charge in [-0.1, -0.05) is 0 Å². The van der Waals surface area contributed by atoms with E-state index in [-0.39, 0.29) is 18.4 Å². The maximum absolute atomic E-state index is 12.2. The molecule has 0 aliphatic carbocycles. The van der Waals surface area contributed by atoms with Crippen molar-refractivity contribution in [2.24, 2.45) is 5.92 Å². The highest BCUT2D eigenvalue weighted by Crippen LogP contribution is 2.17. The molecule has 2 heterocycles. The Labute approximate surface area is 119 Å². The molecule has 2 rings (SSSR count). The van der Waals surface area contributed by atoms with Gasteiger partial charge in [-0.15, -0.1) is 0 Å². The molecule has 0 aromatic carbocycles. The highest BCUT2D eigenvalue weighted by Gasteiger charge is 2.26. The molecule has 2 aliphatic heterocycles. The second kappa shape index (κ2) is 7.59. The Hall–Kier alpha value is -1.14. The molecule has 2 unspecified atom stereocenters.